The Bertz CT molecular complexity index is 2910. The Balaban J connectivity index is 1.07. The van der Waals surface area contributed by atoms with Gasteiger partial charge < -0.3 is 9.13 Å². The predicted octanol–water partition coefficient (Wildman–Crippen LogP) is 10.0. The van der Waals surface area contributed by atoms with Crippen LogP contribution in [0.4, 0.5) is 11.4 Å². The Kier molecular flexibility index (Phi) is 6.73. The van der Waals surface area contributed by atoms with Gasteiger partial charge >= 0.3 is 0 Å². The van der Waals surface area contributed by atoms with Crippen LogP contribution in [0.1, 0.15) is 49.0 Å². The highest BCUT2D eigenvalue weighted by Crippen LogP contribution is 2.44. The first kappa shape index (κ1) is 30.9. The van der Waals surface area contributed by atoms with Gasteiger partial charge in [0, 0.05) is 62.3 Å². The van der Waals surface area contributed by atoms with Gasteiger partial charge in [0.1, 0.15) is 5.69 Å². The van der Waals surface area contributed by atoms with E-state index in [1.807, 2.05) is 11.8 Å². The number of aromatic nitrogens is 2. The zero-order chi connectivity index (χ0) is 35.5. The van der Waals surface area contributed by atoms with Gasteiger partial charge in [0.25, 0.3) is 0 Å². The number of nitrogens with zero attached hydrogens (tertiary/aromatic N) is 2. The van der Waals surface area contributed by atoms with Gasteiger partial charge in [-0.2, -0.15) is 0 Å². The molecule has 7 aromatic rings. The fourth-order valence-electron chi connectivity index (χ4n) is 10.0. The summed E-state index contributed by atoms with van der Waals surface area (Å²) in [4.78, 5) is 4.13. The summed E-state index contributed by atoms with van der Waals surface area (Å²) in [5.41, 5.74) is 17.3. The number of fused-ring (bicyclic) bond motifs is 11. The van der Waals surface area contributed by atoms with E-state index in [1.165, 1.54) is 103 Å². The molecule has 5 heteroatoms. The molecule has 2 bridgehead atoms. The van der Waals surface area contributed by atoms with Crippen molar-refractivity contribution in [2.75, 3.05) is 0 Å². The average molecular weight is 712 g/mol. The van der Waals surface area contributed by atoms with Crippen LogP contribution in [-0.4, -0.2) is 16.4 Å². The Morgan fingerprint density at radius 3 is 2.43 bits per heavy atom. The van der Waals surface area contributed by atoms with E-state index in [0.29, 0.717) is 5.92 Å². The summed E-state index contributed by atoms with van der Waals surface area (Å²) < 4.78 is 5.28. The lowest BCUT2D eigenvalue weighted by Crippen LogP contribution is -3.01. The van der Waals surface area contributed by atoms with Gasteiger partial charge in [0.05, 0.1) is 21.4 Å². The third-order valence-electron chi connectivity index (χ3n) is 12.3. The smallest absolute Gasteiger partial charge is 0.197 e. The van der Waals surface area contributed by atoms with Crippen molar-refractivity contribution in [1.82, 2.24) is 9.13 Å². The van der Waals surface area contributed by atoms with Crippen molar-refractivity contribution in [1.29, 1.82) is 0 Å². The van der Waals surface area contributed by atoms with Crippen molar-refractivity contribution in [3.63, 3.8) is 0 Å². The van der Waals surface area contributed by atoms with Crippen LogP contribution < -0.4 is 15.8 Å². The van der Waals surface area contributed by atoms with E-state index in [2.05, 4.69) is 169 Å². The quantitative estimate of drug-likeness (QED) is 0.177. The van der Waals surface area contributed by atoms with Gasteiger partial charge in [-0.1, -0.05) is 115 Å². The molecule has 0 amide bonds. The summed E-state index contributed by atoms with van der Waals surface area (Å²) in [7, 11) is 2.45. The lowest BCUT2D eigenvalue weighted by atomic mass is 9.62. The van der Waals surface area contributed by atoms with Crippen LogP contribution in [-0.2, 0) is 6.42 Å². The first-order chi connectivity index (χ1) is 26.7. The molecule has 5 aliphatic rings. The van der Waals surface area contributed by atoms with Gasteiger partial charge in [0.2, 0.25) is 0 Å². The topological polar surface area (TPSA) is 14.3 Å². The molecule has 4 heterocycles. The van der Waals surface area contributed by atoms with Crippen LogP contribution in [0.2, 0.25) is 0 Å². The zero-order valence-electron chi connectivity index (χ0n) is 30.2. The summed E-state index contributed by atoms with van der Waals surface area (Å²) >= 11 is 1.93. The summed E-state index contributed by atoms with van der Waals surface area (Å²) in [6, 6.07) is 41.4. The predicted molar refractivity (Wildman–Crippen MR) is 229 cm³/mol. The molecule has 3 atom stereocenters. The lowest BCUT2D eigenvalue weighted by molar-refractivity contribution is -0.713. The van der Waals surface area contributed by atoms with E-state index in [4.69, 9.17) is 0 Å². The maximum absolute atomic E-state index is 2.73. The van der Waals surface area contributed by atoms with E-state index in [9.17, 15) is 0 Å². The number of thioether (sulfide) groups is 1. The number of rotatable bonds is 2. The molecule has 3 nitrogen and oxygen atoms in total. The van der Waals surface area contributed by atoms with Crippen molar-refractivity contribution in [2.45, 2.75) is 43.5 Å². The summed E-state index contributed by atoms with van der Waals surface area (Å²) in [5, 5.41) is 3.96. The number of hydrogen-bond acceptors (Lipinski definition) is 1. The largest absolute Gasteiger partial charge is 0.337 e. The fourth-order valence-corrected chi connectivity index (χ4v) is 11.2. The van der Waals surface area contributed by atoms with Gasteiger partial charge in [-0.15, -0.1) is 0 Å². The van der Waals surface area contributed by atoms with Crippen LogP contribution >= 0.6 is 11.8 Å². The zero-order valence-corrected chi connectivity index (χ0v) is 31.0. The Morgan fingerprint density at radius 1 is 0.741 bits per heavy atom. The SMILES string of the molecule is CC1C=Cc2c(n3c4c(cccc24)[B]c2cccc4c5ccccc5n(c24)C2=CC3CC(c3ccc([NH+]4C5=CCCC=C5Sc5ccccc54)cc3)=C2)C1. The molecule has 3 unspecified atom stereocenters. The van der Waals surface area contributed by atoms with Gasteiger partial charge in [-0.25, -0.2) is 4.90 Å². The molecule has 1 N–H and O–H groups in total. The van der Waals surface area contributed by atoms with Gasteiger partial charge in [0.15, 0.2) is 18.7 Å². The Hall–Kier alpha value is -5.49. The monoisotopic (exact) mass is 711 g/mol. The molecule has 0 saturated carbocycles. The highest BCUT2D eigenvalue weighted by molar-refractivity contribution is 8.03. The minimum absolute atomic E-state index is 0.164. The maximum atomic E-state index is 2.73. The second-order valence-corrected chi connectivity index (χ2v) is 16.7. The molecule has 12 rings (SSSR count). The van der Waals surface area contributed by atoms with Crippen molar-refractivity contribution >= 4 is 91.4 Å². The van der Waals surface area contributed by atoms with Crippen LogP contribution in [0.15, 0.2) is 155 Å². The molecular formula is C49H38BN3S+. The molecule has 2 aliphatic heterocycles. The standard InChI is InChI=1S/C49H37BN3S/c1-30-20-25-37-39-12-9-14-41-49(39)53(45(37)26-30)35-28-32(27-34(29-35)52-42-15-3-2-10-36(42)38-11-8-13-40(50-41)48(38)52)31-21-23-33(24-22-31)51-43-16-4-6-18-46(43)54-47-19-7-5-17-44(47)51/h2-4,6,8-25,27,29-30,35H,5,7,26,28H2,1H3/p+1. The Labute approximate surface area is 320 Å². The summed E-state index contributed by atoms with van der Waals surface area (Å²) in [5.74, 6) is 0.500. The third kappa shape index (κ3) is 4.49. The number of allylic oxidation sites excluding steroid dienone is 7. The third-order valence-corrected chi connectivity index (χ3v) is 13.5. The molecular weight excluding hydrogens is 673 g/mol. The first-order valence-electron chi connectivity index (χ1n) is 19.5. The Morgan fingerprint density at radius 2 is 1.52 bits per heavy atom. The average Bonchev–Trinajstić information content (AvgIpc) is 3.73. The number of quaternary nitrogens is 1. The lowest BCUT2D eigenvalue weighted by Gasteiger charge is -2.31. The number of benzene rings is 5. The van der Waals surface area contributed by atoms with Gasteiger partial charge in [-0.3, -0.25) is 0 Å². The highest BCUT2D eigenvalue weighted by atomic mass is 32.2. The molecule has 257 valence electrons. The van der Waals surface area contributed by atoms with Crippen LogP contribution in [0.5, 0.6) is 0 Å². The maximum Gasteiger partial charge on any atom is 0.197 e. The molecule has 54 heavy (non-hydrogen) atoms. The minimum atomic E-state index is 0.164. The molecule has 2 aromatic heterocycles. The van der Waals surface area contributed by atoms with E-state index in [0.717, 1.165) is 25.7 Å². The van der Waals surface area contributed by atoms with Crippen LogP contribution in [0.3, 0.4) is 0 Å². The van der Waals surface area contributed by atoms with Crippen molar-refractivity contribution < 1.29 is 4.90 Å². The van der Waals surface area contributed by atoms with E-state index in [1.54, 1.807) is 0 Å². The van der Waals surface area contributed by atoms with Crippen LogP contribution in [0, 0.1) is 5.92 Å². The van der Waals surface area contributed by atoms with Crippen molar-refractivity contribution in [3.8, 4) is 0 Å². The second kappa shape index (κ2) is 11.8. The van der Waals surface area contributed by atoms with Crippen LogP contribution in [0.25, 0.3) is 50.1 Å². The molecule has 0 spiro atoms. The van der Waals surface area contributed by atoms with E-state index in [-0.39, 0.29) is 6.04 Å². The molecule has 0 saturated heterocycles. The van der Waals surface area contributed by atoms with Crippen molar-refractivity contribution in [3.05, 3.63) is 167 Å². The highest BCUT2D eigenvalue weighted by Gasteiger charge is 2.35. The van der Waals surface area contributed by atoms with Gasteiger partial charge in [-0.05, 0) is 85.2 Å². The number of hydrogen-bond donors (Lipinski definition) is 1. The first-order valence-corrected chi connectivity index (χ1v) is 20.3. The van der Waals surface area contributed by atoms with E-state index < -0.39 is 0 Å². The van der Waals surface area contributed by atoms with E-state index >= 15 is 0 Å². The second-order valence-electron chi connectivity index (χ2n) is 15.6. The fraction of sp³-hybridized carbons (Fsp3) is 0.143. The van der Waals surface area contributed by atoms with Crippen molar-refractivity contribution in [2.24, 2.45) is 5.92 Å². The molecule has 1 radical (unpaired) electrons. The number of para-hydroxylation sites is 4. The minimum Gasteiger partial charge on any atom is -0.337 e. The molecule has 3 aliphatic carbocycles. The normalized spacial score (nSPS) is 21.0. The molecule has 0 fully saturated rings. The summed E-state index contributed by atoms with van der Waals surface area (Å²) in [6.45, 7) is 2.36. The summed E-state index contributed by atoms with van der Waals surface area (Å²) in [6.07, 6.45) is 18.9. The number of nitrogens with one attached hydrogen (secondary N) is 1. The molecule has 5 aromatic carbocycles.